The van der Waals surface area contributed by atoms with E-state index in [-0.39, 0.29) is 6.61 Å². The first-order chi connectivity index (χ1) is 8.83. The fourth-order valence-corrected chi connectivity index (χ4v) is 2.18. The van der Waals surface area contributed by atoms with Gasteiger partial charge in [0.25, 0.3) is 0 Å². The SMILES string of the molecule is CCOc1ccc(NCc2nccs2)cc1CO. The van der Waals surface area contributed by atoms with E-state index in [0.29, 0.717) is 13.2 Å². The summed E-state index contributed by atoms with van der Waals surface area (Å²) >= 11 is 1.62. The number of nitrogens with one attached hydrogen (secondary N) is 1. The van der Waals surface area contributed by atoms with Crippen LogP contribution in [0.1, 0.15) is 17.5 Å². The van der Waals surface area contributed by atoms with Gasteiger partial charge in [-0.15, -0.1) is 11.3 Å². The molecule has 1 aromatic heterocycles. The van der Waals surface area contributed by atoms with Crippen LogP contribution in [-0.4, -0.2) is 16.7 Å². The fraction of sp³-hybridized carbons (Fsp3) is 0.308. The van der Waals surface area contributed by atoms with E-state index in [1.807, 2.05) is 30.5 Å². The molecule has 18 heavy (non-hydrogen) atoms. The smallest absolute Gasteiger partial charge is 0.124 e. The van der Waals surface area contributed by atoms with Crippen LogP contribution >= 0.6 is 11.3 Å². The number of aliphatic hydroxyl groups excluding tert-OH is 1. The molecule has 1 aromatic carbocycles. The van der Waals surface area contributed by atoms with Gasteiger partial charge >= 0.3 is 0 Å². The standard InChI is InChI=1S/C13H16N2O2S/c1-2-17-12-4-3-11(7-10(12)9-16)15-8-13-14-5-6-18-13/h3-7,15-16H,2,8-9H2,1H3. The molecule has 96 valence electrons. The molecule has 5 heteroatoms. The van der Waals surface area contributed by atoms with Gasteiger partial charge in [0.1, 0.15) is 10.8 Å². The summed E-state index contributed by atoms with van der Waals surface area (Å²) in [6, 6.07) is 5.72. The molecule has 0 aliphatic heterocycles. The van der Waals surface area contributed by atoms with Crippen molar-refractivity contribution in [3.63, 3.8) is 0 Å². The Kier molecular flexibility index (Phi) is 4.55. The van der Waals surface area contributed by atoms with Crippen molar-refractivity contribution in [2.24, 2.45) is 0 Å². The largest absolute Gasteiger partial charge is 0.494 e. The van der Waals surface area contributed by atoms with Crippen molar-refractivity contribution in [2.45, 2.75) is 20.1 Å². The Morgan fingerprint density at radius 3 is 3.00 bits per heavy atom. The predicted molar refractivity (Wildman–Crippen MR) is 73.0 cm³/mol. The highest BCUT2D eigenvalue weighted by Crippen LogP contribution is 2.23. The quantitative estimate of drug-likeness (QED) is 0.842. The Labute approximate surface area is 110 Å². The second-order valence-corrected chi connectivity index (χ2v) is 4.67. The molecule has 4 nitrogen and oxygen atoms in total. The minimum absolute atomic E-state index is 0.0257. The maximum Gasteiger partial charge on any atom is 0.124 e. The molecule has 0 radical (unpaired) electrons. The highest BCUT2D eigenvalue weighted by molar-refractivity contribution is 7.09. The second-order valence-electron chi connectivity index (χ2n) is 3.69. The zero-order chi connectivity index (χ0) is 12.8. The minimum atomic E-state index is -0.0257. The number of rotatable bonds is 6. The van der Waals surface area contributed by atoms with Gasteiger partial charge in [0.2, 0.25) is 0 Å². The monoisotopic (exact) mass is 264 g/mol. The third kappa shape index (κ3) is 3.21. The molecule has 0 spiro atoms. The number of ether oxygens (including phenoxy) is 1. The van der Waals surface area contributed by atoms with Gasteiger partial charge in [0.05, 0.1) is 19.8 Å². The van der Waals surface area contributed by atoms with E-state index in [1.54, 1.807) is 17.5 Å². The Morgan fingerprint density at radius 2 is 2.33 bits per heavy atom. The van der Waals surface area contributed by atoms with Gasteiger partial charge in [-0.3, -0.25) is 0 Å². The first kappa shape index (κ1) is 12.9. The van der Waals surface area contributed by atoms with Crippen molar-refractivity contribution in [1.29, 1.82) is 0 Å². The van der Waals surface area contributed by atoms with E-state index in [1.165, 1.54) is 0 Å². The molecule has 0 unspecified atom stereocenters. The van der Waals surface area contributed by atoms with Gasteiger partial charge in [-0.25, -0.2) is 4.98 Å². The number of aromatic nitrogens is 1. The molecular weight excluding hydrogens is 248 g/mol. The second kappa shape index (κ2) is 6.37. The van der Waals surface area contributed by atoms with Crippen molar-refractivity contribution in [3.8, 4) is 5.75 Å². The highest BCUT2D eigenvalue weighted by atomic mass is 32.1. The molecule has 0 atom stereocenters. The average molecular weight is 264 g/mol. The Hall–Kier alpha value is -1.59. The van der Waals surface area contributed by atoms with Crippen LogP contribution in [0, 0.1) is 0 Å². The van der Waals surface area contributed by atoms with E-state index in [2.05, 4.69) is 10.3 Å². The zero-order valence-corrected chi connectivity index (χ0v) is 11.0. The first-order valence-electron chi connectivity index (χ1n) is 5.82. The molecular formula is C13H16N2O2S. The molecule has 0 saturated heterocycles. The van der Waals surface area contributed by atoms with Crippen LogP contribution in [-0.2, 0) is 13.2 Å². The van der Waals surface area contributed by atoms with Gasteiger partial charge in [0, 0.05) is 22.8 Å². The molecule has 1 heterocycles. The summed E-state index contributed by atoms with van der Waals surface area (Å²) in [4.78, 5) is 4.20. The number of hydrogen-bond acceptors (Lipinski definition) is 5. The molecule has 0 saturated carbocycles. The molecule has 2 rings (SSSR count). The summed E-state index contributed by atoms with van der Waals surface area (Å²) in [7, 11) is 0. The van der Waals surface area contributed by atoms with Crippen molar-refractivity contribution in [2.75, 3.05) is 11.9 Å². The van der Waals surface area contributed by atoms with Crippen LogP contribution in [0.5, 0.6) is 5.75 Å². The fourth-order valence-electron chi connectivity index (χ4n) is 1.63. The van der Waals surface area contributed by atoms with Crippen molar-refractivity contribution in [3.05, 3.63) is 40.3 Å². The molecule has 0 fully saturated rings. The van der Waals surface area contributed by atoms with Crippen molar-refractivity contribution < 1.29 is 9.84 Å². The van der Waals surface area contributed by atoms with Crippen LogP contribution in [0.15, 0.2) is 29.8 Å². The van der Waals surface area contributed by atoms with Gasteiger partial charge in [-0.1, -0.05) is 0 Å². The third-order valence-electron chi connectivity index (χ3n) is 2.46. The van der Waals surface area contributed by atoms with E-state index in [9.17, 15) is 5.11 Å². The molecule has 0 aliphatic carbocycles. The molecule has 0 aliphatic rings. The van der Waals surface area contributed by atoms with Gasteiger partial charge in [-0.05, 0) is 25.1 Å². The highest BCUT2D eigenvalue weighted by Gasteiger charge is 2.04. The first-order valence-corrected chi connectivity index (χ1v) is 6.70. The lowest BCUT2D eigenvalue weighted by molar-refractivity contribution is 0.267. The van der Waals surface area contributed by atoms with Crippen LogP contribution in [0.3, 0.4) is 0 Å². The number of nitrogens with zero attached hydrogens (tertiary/aromatic N) is 1. The topological polar surface area (TPSA) is 54.4 Å². The summed E-state index contributed by atoms with van der Waals surface area (Å²) in [5.41, 5.74) is 1.75. The van der Waals surface area contributed by atoms with Crippen LogP contribution in [0.2, 0.25) is 0 Å². The van der Waals surface area contributed by atoms with E-state index < -0.39 is 0 Å². The number of anilines is 1. The Balaban J connectivity index is 2.05. The lowest BCUT2D eigenvalue weighted by atomic mass is 10.2. The van der Waals surface area contributed by atoms with E-state index in [0.717, 1.165) is 22.0 Å². The minimum Gasteiger partial charge on any atom is -0.494 e. The summed E-state index contributed by atoms with van der Waals surface area (Å²) in [5.74, 6) is 0.736. The normalized spacial score (nSPS) is 10.3. The summed E-state index contributed by atoms with van der Waals surface area (Å²) < 4.78 is 5.44. The molecule has 2 N–H and O–H groups in total. The maximum absolute atomic E-state index is 9.30. The number of thiazole rings is 1. The number of hydrogen-bond donors (Lipinski definition) is 2. The number of aliphatic hydroxyl groups is 1. The van der Waals surface area contributed by atoms with Gasteiger partial charge < -0.3 is 15.2 Å². The van der Waals surface area contributed by atoms with Crippen molar-refractivity contribution in [1.82, 2.24) is 4.98 Å². The lowest BCUT2D eigenvalue weighted by Gasteiger charge is -2.11. The van der Waals surface area contributed by atoms with E-state index in [4.69, 9.17) is 4.74 Å². The van der Waals surface area contributed by atoms with Gasteiger partial charge in [0.15, 0.2) is 0 Å². The van der Waals surface area contributed by atoms with Crippen molar-refractivity contribution >= 4 is 17.0 Å². The third-order valence-corrected chi connectivity index (χ3v) is 3.24. The average Bonchev–Trinajstić information content (AvgIpc) is 2.91. The number of benzene rings is 1. The van der Waals surface area contributed by atoms with Gasteiger partial charge in [-0.2, -0.15) is 0 Å². The van der Waals surface area contributed by atoms with Crippen LogP contribution < -0.4 is 10.1 Å². The maximum atomic E-state index is 9.30. The molecule has 0 bridgehead atoms. The Morgan fingerprint density at radius 1 is 1.44 bits per heavy atom. The van der Waals surface area contributed by atoms with E-state index >= 15 is 0 Å². The molecule has 2 aromatic rings. The predicted octanol–water partition coefficient (Wildman–Crippen LogP) is 2.65. The molecule has 0 amide bonds. The summed E-state index contributed by atoms with van der Waals surface area (Å²) in [6.07, 6.45) is 1.79. The summed E-state index contributed by atoms with van der Waals surface area (Å²) in [5, 5.41) is 15.6. The van der Waals surface area contributed by atoms with Crippen LogP contribution in [0.25, 0.3) is 0 Å². The lowest BCUT2D eigenvalue weighted by Crippen LogP contribution is -2.01. The Bertz CT molecular complexity index is 486. The van der Waals surface area contributed by atoms with Crippen LogP contribution in [0.4, 0.5) is 5.69 Å². The zero-order valence-electron chi connectivity index (χ0n) is 10.2. The summed E-state index contributed by atoms with van der Waals surface area (Å²) in [6.45, 7) is 3.19.